The van der Waals surface area contributed by atoms with Crippen LogP contribution in [-0.4, -0.2) is 40.0 Å². The van der Waals surface area contributed by atoms with Gasteiger partial charge in [-0.25, -0.2) is 4.98 Å². The summed E-state index contributed by atoms with van der Waals surface area (Å²) >= 11 is 0. The second kappa shape index (κ2) is 7.05. The van der Waals surface area contributed by atoms with Crippen molar-refractivity contribution < 1.29 is 0 Å². The molecule has 0 amide bonds. The van der Waals surface area contributed by atoms with Gasteiger partial charge in [-0.1, -0.05) is 12.1 Å². The molecule has 6 nitrogen and oxygen atoms in total. The number of imidazole rings is 1. The lowest BCUT2D eigenvalue weighted by Gasteiger charge is -2.15. The maximum Gasteiger partial charge on any atom is 0.130 e. The zero-order valence-corrected chi connectivity index (χ0v) is 15.0. The number of nitrogens with one attached hydrogen (secondary N) is 1. The van der Waals surface area contributed by atoms with E-state index < -0.39 is 0 Å². The van der Waals surface area contributed by atoms with Gasteiger partial charge in [-0.3, -0.25) is 4.68 Å². The molecule has 0 saturated carbocycles. The summed E-state index contributed by atoms with van der Waals surface area (Å²) in [6, 6.07) is 8.27. The molecule has 128 valence electrons. The fraction of sp³-hybridized carbons (Fsp3) is 0.444. The zero-order chi connectivity index (χ0) is 17.1. The number of hydrogen-bond donors (Lipinski definition) is 1. The normalized spacial score (nSPS) is 11.3. The van der Waals surface area contributed by atoms with Crippen LogP contribution in [0.15, 0.2) is 30.6 Å². The number of benzene rings is 1. The van der Waals surface area contributed by atoms with Crippen LogP contribution in [0.4, 0.5) is 5.82 Å². The van der Waals surface area contributed by atoms with E-state index in [9.17, 15) is 0 Å². The predicted octanol–water partition coefficient (Wildman–Crippen LogP) is 2.32. The second-order valence-electron chi connectivity index (χ2n) is 6.36. The van der Waals surface area contributed by atoms with E-state index in [1.54, 1.807) is 0 Å². The minimum atomic E-state index is 0.845. The van der Waals surface area contributed by atoms with E-state index in [1.165, 1.54) is 16.9 Å². The molecule has 0 unspecified atom stereocenters. The van der Waals surface area contributed by atoms with Crippen LogP contribution in [0.25, 0.3) is 11.0 Å². The Labute approximate surface area is 143 Å². The summed E-state index contributed by atoms with van der Waals surface area (Å²) in [6.07, 6.45) is 3.00. The zero-order valence-electron chi connectivity index (χ0n) is 15.0. The lowest BCUT2D eigenvalue weighted by atomic mass is 10.2. The molecule has 1 N–H and O–H groups in total. The second-order valence-corrected chi connectivity index (χ2v) is 6.36. The fourth-order valence-corrected chi connectivity index (χ4v) is 3.23. The number of hydrogen-bond acceptors (Lipinski definition) is 4. The van der Waals surface area contributed by atoms with Gasteiger partial charge in [0.2, 0.25) is 0 Å². The first kappa shape index (κ1) is 16.5. The minimum absolute atomic E-state index is 0.845. The van der Waals surface area contributed by atoms with E-state index in [4.69, 9.17) is 0 Å². The molecule has 3 rings (SSSR count). The van der Waals surface area contributed by atoms with Gasteiger partial charge in [0.1, 0.15) is 5.82 Å². The van der Waals surface area contributed by atoms with Crippen LogP contribution in [-0.2, 0) is 20.1 Å². The standard InChI is InChI=1S/C18H26N6/c1-14-15(18(22(2)3)23(4)21-14)12-19-10-7-11-24-13-20-16-8-5-6-9-17(16)24/h5-6,8-9,13,19H,7,10-12H2,1-4H3. The summed E-state index contributed by atoms with van der Waals surface area (Å²) in [5.41, 5.74) is 4.63. The largest absolute Gasteiger partial charge is 0.363 e. The Kier molecular flexibility index (Phi) is 4.85. The van der Waals surface area contributed by atoms with Crippen LogP contribution in [0.2, 0.25) is 0 Å². The number of nitrogens with zero attached hydrogens (tertiary/aromatic N) is 5. The first-order valence-electron chi connectivity index (χ1n) is 8.38. The number of aromatic nitrogens is 4. The van der Waals surface area contributed by atoms with Crippen molar-refractivity contribution in [2.24, 2.45) is 7.05 Å². The van der Waals surface area contributed by atoms with Crippen molar-refractivity contribution in [3.8, 4) is 0 Å². The number of fused-ring (bicyclic) bond motifs is 1. The average molecular weight is 326 g/mol. The number of aryl methyl sites for hydroxylation is 3. The predicted molar refractivity (Wildman–Crippen MR) is 98.3 cm³/mol. The van der Waals surface area contributed by atoms with Crippen molar-refractivity contribution in [3.05, 3.63) is 41.9 Å². The highest BCUT2D eigenvalue weighted by atomic mass is 15.4. The first-order valence-corrected chi connectivity index (χ1v) is 8.38. The summed E-state index contributed by atoms with van der Waals surface area (Å²) in [5.74, 6) is 1.17. The van der Waals surface area contributed by atoms with Crippen LogP contribution in [0.3, 0.4) is 0 Å². The van der Waals surface area contributed by atoms with Gasteiger partial charge in [0, 0.05) is 39.8 Å². The molecule has 0 saturated heterocycles. The van der Waals surface area contributed by atoms with Crippen molar-refractivity contribution in [2.75, 3.05) is 25.5 Å². The molecular formula is C18H26N6. The van der Waals surface area contributed by atoms with Gasteiger partial charge in [-0.15, -0.1) is 0 Å². The average Bonchev–Trinajstić information content (AvgIpc) is 3.08. The van der Waals surface area contributed by atoms with Gasteiger partial charge in [-0.2, -0.15) is 5.10 Å². The number of rotatable bonds is 7. The molecule has 0 atom stereocenters. The molecule has 2 heterocycles. The van der Waals surface area contributed by atoms with E-state index in [2.05, 4.69) is 64.1 Å². The minimum Gasteiger partial charge on any atom is -0.363 e. The number of para-hydroxylation sites is 2. The summed E-state index contributed by atoms with van der Waals surface area (Å²) in [4.78, 5) is 6.56. The summed E-state index contributed by atoms with van der Waals surface area (Å²) in [5, 5.41) is 8.08. The highest BCUT2D eigenvalue weighted by Gasteiger charge is 2.14. The van der Waals surface area contributed by atoms with Crippen LogP contribution < -0.4 is 10.2 Å². The van der Waals surface area contributed by atoms with E-state index in [1.807, 2.05) is 24.1 Å². The van der Waals surface area contributed by atoms with Crippen LogP contribution in [0.5, 0.6) is 0 Å². The van der Waals surface area contributed by atoms with Crippen molar-refractivity contribution in [3.63, 3.8) is 0 Å². The fourth-order valence-electron chi connectivity index (χ4n) is 3.23. The molecule has 0 spiro atoms. The molecule has 0 aliphatic heterocycles. The van der Waals surface area contributed by atoms with Crippen LogP contribution >= 0.6 is 0 Å². The SMILES string of the molecule is Cc1nn(C)c(N(C)C)c1CNCCCn1cnc2ccccc21. The topological polar surface area (TPSA) is 50.9 Å². The monoisotopic (exact) mass is 326 g/mol. The maximum atomic E-state index is 4.53. The van der Waals surface area contributed by atoms with Crippen molar-refractivity contribution >= 4 is 16.9 Å². The van der Waals surface area contributed by atoms with E-state index in [0.29, 0.717) is 0 Å². The Balaban J connectivity index is 1.53. The Hall–Kier alpha value is -2.34. The molecule has 0 aliphatic rings. The van der Waals surface area contributed by atoms with Crippen molar-refractivity contribution in [2.45, 2.75) is 26.4 Å². The summed E-state index contributed by atoms with van der Waals surface area (Å²) in [7, 11) is 6.12. The maximum absolute atomic E-state index is 4.53. The Bertz CT molecular complexity index is 814. The molecule has 0 fully saturated rings. The molecule has 0 bridgehead atoms. The van der Waals surface area contributed by atoms with Gasteiger partial charge in [0.25, 0.3) is 0 Å². The van der Waals surface area contributed by atoms with Crippen molar-refractivity contribution in [1.29, 1.82) is 0 Å². The van der Waals surface area contributed by atoms with Crippen molar-refractivity contribution in [1.82, 2.24) is 24.6 Å². The molecule has 24 heavy (non-hydrogen) atoms. The van der Waals surface area contributed by atoms with E-state index in [0.717, 1.165) is 37.3 Å². The first-order chi connectivity index (χ1) is 11.6. The van der Waals surface area contributed by atoms with Gasteiger partial charge in [0.05, 0.1) is 23.1 Å². The van der Waals surface area contributed by atoms with Crippen LogP contribution in [0.1, 0.15) is 17.7 Å². The third-order valence-electron chi connectivity index (χ3n) is 4.32. The van der Waals surface area contributed by atoms with Gasteiger partial charge in [-0.05, 0) is 32.0 Å². The van der Waals surface area contributed by atoms with Crippen LogP contribution in [0, 0.1) is 6.92 Å². The van der Waals surface area contributed by atoms with E-state index in [-0.39, 0.29) is 0 Å². The van der Waals surface area contributed by atoms with E-state index >= 15 is 0 Å². The molecule has 3 aromatic rings. The summed E-state index contributed by atoms with van der Waals surface area (Å²) < 4.78 is 4.17. The molecule has 2 aromatic heterocycles. The lowest BCUT2D eigenvalue weighted by Crippen LogP contribution is -2.20. The highest BCUT2D eigenvalue weighted by Crippen LogP contribution is 2.20. The van der Waals surface area contributed by atoms with Gasteiger partial charge >= 0.3 is 0 Å². The number of anilines is 1. The Morgan fingerprint density at radius 3 is 2.79 bits per heavy atom. The molecular weight excluding hydrogens is 300 g/mol. The molecule has 0 radical (unpaired) electrons. The smallest absolute Gasteiger partial charge is 0.130 e. The molecule has 1 aromatic carbocycles. The molecule has 0 aliphatic carbocycles. The highest BCUT2D eigenvalue weighted by molar-refractivity contribution is 5.74. The quantitative estimate of drug-likeness (QED) is 0.677. The molecule has 6 heteroatoms. The Morgan fingerprint density at radius 2 is 2.00 bits per heavy atom. The Morgan fingerprint density at radius 1 is 1.21 bits per heavy atom. The third kappa shape index (κ3) is 3.28. The van der Waals surface area contributed by atoms with Gasteiger partial charge < -0.3 is 14.8 Å². The van der Waals surface area contributed by atoms with Gasteiger partial charge in [0.15, 0.2) is 0 Å². The lowest BCUT2D eigenvalue weighted by molar-refractivity contribution is 0.587. The third-order valence-corrected chi connectivity index (χ3v) is 4.32. The summed E-state index contributed by atoms with van der Waals surface area (Å²) in [6.45, 7) is 4.85.